The van der Waals surface area contributed by atoms with Gasteiger partial charge in [0.05, 0.1) is 6.54 Å². The van der Waals surface area contributed by atoms with Gasteiger partial charge in [-0.25, -0.2) is 0 Å². The summed E-state index contributed by atoms with van der Waals surface area (Å²) in [5.41, 5.74) is 1.26. The van der Waals surface area contributed by atoms with Crippen molar-refractivity contribution in [1.82, 2.24) is 5.32 Å². The predicted octanol–water partition coefficient (Wildman–Crippen LogP) is 3.18. The van der Waals surface area contributed by atoms with Crippen LogP contribution >= 0.6 is 0 Å². The summed E-state index contributed by atoms with van der Waals surface area (Å²) in [5, 5.41) is 2.92. The molecule has 1 N–H and O–H groups in total. The molecule has 0 fully saturated rings. The molecule has 0 aromatic heterocycles. The van der Waals surface area contributed by atoms with E-state index < -0.39 is 0 Å². The van der Waals surface area contributed by atoms with Crippen LogP contribution in [0.5, 0.6) is 5.75 Å². The molecule has 19 heavy (non-hydrogen) atoms. The van der Waals surface area contributed by atoms with Crippen LogP contribution in [-0.2, 0) is 11.2 Å². The topological polar surface area (TPSA) is 38.3 Å². The Balaban J connectivity index is 2.28. The lowest BCUT2D eigenvalue weighted by Gasteiger charge is -2.13. The average molecular weight is 263 g/mol. The zero-order valence-electron chi connectivity index (χ0n) is 12.2. The molecular weight excluding hydrogens is 238 g/mol. The second-order valence-electron chi connectivity index (χ2n) is 4.65. The predicted molar refractivity (Wildman–Crippen MR) is 78.4 cm³/mol. The molecular formula is C16H25NO2. The maximum absolute atomic E-state index is 11.8. The van der Waals surface area contributed by atoms with Crippen molar-refractivity contribution in [3.63, 3.8) is 0 Å². The van der Waals surface area contributed by atoms with Crippen molar-refractivity contribution in [3.8, 4) is 5.75 Å². The molecule has 0 heterocycles. The van der Waals surface area contributed by atoms with E-state index in [4.69, 9.17) is 4.74 Å². The van der Waals surface area contributed by atoms with Crippen LogP contribution < -0.4 is 10.1 Å². The van der Waals surface area contributed by atoms with Gasteiger partial charge in [0, 0.05) is 5.92 Å². The number of hydrogen-bond donors (Lipinski definition) is 1. The highest BCUT2D eigenvalue weighted by Gasteiger charge is 2.12. The summed E-state index contributed by atoms with van der Waals surface area (Å²) in [6, 6.07) is 8.07. The number of aryl methyl sites for hydroxylation is 1. The van der Waals surface area contributed by atoms with Crippen LogP contribution in [0.4, 0.5) is 0 Å². The number of hydrogen-bond acceptors (Lipinski definition) is 2. The van der Waals surface area contributed by atoms with E-state index >= 15 is 0 Å². The highest BCUT2D eigenvalue weighted by atomic mass is 16.5. The third-order valence-corrected chi connectivity index (χ3v) is 3.33. The van der Waals surface area contributed by atoms with Crippen molar-refractivity contribution >= 4 is 5.91 Å². The van der Waals surface area contributed by atoms with Crippen molar-refractivity contribution in [1.29, 1.82) is 0 Å². The fourth-order valence-electron chi connectivity index (χ4n) is 2.00. The molecule has 0 saturated carbocycles. The smallest absolute Gasteiger partial charge is 0.223 e. The molecule has 3 heteroatoms. The van der Waals surface area contributed by atoms with E-state index in [0.717, 1.165) is 25.0 Å². The molecule has 0 saturated heterocycles. The first-order valence-electron chi connectivity index (χ1n) is 7.20. The molecule has 3 nitrogen and oxygen atoms in total. The summed E-state index contributed by atoms with van der Waals surface area (Å²) in [5.74, 6) is 1.13. The van der Waals surface area contributed by atoms with Gasteiger partial charge in [0.2, 0.25) is 5.91 Å². The van der Waals surface area contributed by atoms with Crippen molar-refractivity contribution in [2.45, 2.75) is 40.0 Å². The van der Waals surface area contributed by atoms with Gasteiger partial charge in [0.25, 0.3) is 0 Å². The van der Waals surface area contributed by atoms with Gasteiger partial charge in [0.15, 0.2) is 0 Å². The summed E-state index contributed by atoms with van der Waals surface area (Å²) in [7, 11) is 0. The van der Waals surface area contributed by atoms with Gasteiger partial charge in [-0.15, -0.1) is 0 Å². The van der Waals surface area contributed by atoms with Crippen LogP contribution in [-0.4, -0.2) is 19.1 Å². The number of rotatable bonds is 8. The monoisotopic (exact) mass is 263 g/mol. The van der Waals surface area contributed by atoms with Crippen LogP contribution in [0.25, 0.3) is 0 Å². The first kappa shape index (κ1) is 15.5. The third kappa shape index (κ3) is 5.33. The molecule has 1 rings (SSSR count). The molecule has 0 unspecified atom stereocenters. The van der Waals surface area contributed by atoms with Crippen LogP contribution in [0.2, 0.25) is 0 Å². The Morgan fingerprint density at radius 3 is 2.63 bits per heavy atom. The number of carbonyl (C=O) groups is 1. The lowest BCUT2D eigenvalue weighted by atomic mass is 10.0. The highest BCUT2D eigenvalue weighted by Crippen LogP contribution is 2.13. The lowest BCUT2D eigenvalue weighted by Crippen LogP contribution is -2.33. The summed E-state index contributed by atoms with van der Waals surface area (Å²) in [6.07, 6.45) is 2.78. The molecule has 0 atom stereocenters. The van der Waals surface area contributed by atoms with Crippen molar-refractivity contribution < 1.29 is 9.53 Å². The molecule has 0 aliphatic rings. The van der Waals surface area contributed by atoms with Gasteiger partial charge in [-0.05, 0) is 37.0 Å². The Morgan fingerprint density at radius 2 is 2.00 bits per heavy atom. The van der Waals surface area contributed by atoms with Crippen LogP contribution in [0, 0.1) is 5.92 Å². The molecule has 0 aliphatic carbocycles. The SMILES string of the molecule is CCc1cccc(OCCNC(=O)C(CC)CC)c1. The van der Waals surface area contributed by atoms with E-state index in [9.17, 15) is 4.79 Å². The van der Waals surface area contributed by atoms with Gasteiger partial charge in [0.1, 0.15) is 12.4 Å². The summed E-state index contributed by atoms with van der Waals surface area (Å²) < 4.78 is 5.63. The first-order valence-corrected chi connectivity index (χ1v) is 7.20. The van der Waals surface area contributed by atoms with Gasteiger partial charge in [-0.2, -0.15) is 0 Å². The van der Waals surface area contributed by atoms with Crippen molar-refractivity contribution in [2.75, 3.05) is 13.2 Å². The first-order chi connectivity index (χ1) is 9.21. The second kappa shape index (κ2) is 8.57. The normalized spacial score (nSPS) is 10.5. The van der Waals surface area contributed by atoms with Crippen LogP contribution in [0.15, 0.2) is 24.3 Å². The standard InChI is InChI=1S/C16H25NO2/c1-4-13-8-7-9-15(12-13)19-11-10-17-16(18)14(5-2)6-3/h7-9,12,14H,4-6,10-11H2,1-3H3,(H,17,18). The van der Waals surface area contributed by atoms with E-state index in [1.54, 1.807) is 0 Å². The maximum atomic E-state index is 11.8. The Kier molecular flexibility index (Phi) is 7.01. The fourth-order valence-corrected chi connectivity index (χ4v) is 2.00. The average Bonchev–Trinajstić information content (AvgIpc) is 2.45. The van der Waals surface area contributed by atoms with Gasteiger partial charge in [-0.1, -0.05) is 32.9 Å². The highest BCUT2D eigenvalue weighted by molar-refractivity contribution is 5.78. The number of carbonyl (C=O) groups excluding carboxylic acids is 1. The molecule has 1 aromatic rings. The Labute approximate surface area is 116 Å². The zero-order valence-corrected chi connectivity index (χ0v) is 12.2. The third-order valence-electron chi connectivity index (χ3n) is 3.33. The Morgan fingerprint density at radius 1 is 1.26 bits per heavy atom. The van der Waals surface area contributed by atoms with Crippen LogP contribution in [0.3, 0.4) is 0 Å². The van der Waals surface area contributed by atoms with E-state index in [-0.39, 0.29) is 11.8 Å². The molecule has 0 bridgehead atoms. The van der Waals surface area contributed by atoms with E-state index in [1.165, 1.54) is 5.56 Å². The minimum atomic E-state index is 0.128. The van der Waals surface area contributed by atoms with Crippen molar-refractivity contribution in [3.05, 3.63) is 29.8 Å². The van der Waals surface area contributed by atoms with Crippen molar-refractivity contribution in [2.24, 2.45) is 5.92 Å². The molecule has 0 radical (unpaired) electrons. The summed E-state index contributed by atoms with van der Waals surface area (Å²) >= 11 is 0. The molecule has 106 valence electrons. The second-order valence-corrected chi connectivity index (χ2v) is 4.65. The number of nitrogens with one attached hydrogen (secondary N) is 1. The van der Waals surface area contributed by atoms with E-state index in [1.807, 2.05) is 32.0 Å². The number of amides is 1. The van der Waals surface area contributed by atoms with Gasteiger partial charge >= 0.3 is 0 Å². The summed E-state index contributed by atoms with van der Waals surface area (Å²) in [4.78, 5) is 11.8. The van der Waals surface area contributed by atoms with Crippen LogP contribution in [0.1, 0.15) is 39.2 Å². The van der Waals surface area contributed by atoms with E-state index in [2.05, 4.69) is 18.3 Å². The quantitative estimate of drug-likeness (QED) is 0.732. The molecule has 1 aromatic carbocycles. The molecule has 0 spiro atoms. The molecule has 1 amide bonds. The maximum Gasteiger partial charge on any atom is 0.223 e. The largest absolute Gasteiger partial charge is 0.492 e. The fraction of sp³-hybridized carbons (Fsp3) is 0.562. The minimum Gasteiger partial charge on any atom is -0.492 e. The van der Waals surface area contributed by atoms with E-state index in [0.29, 0.717) is 13.2 Å². The minimum absolute atomic E-state index is 0.128. The Bertz CT molecular complexity index is 386. The number of benzene rings is 1. The van der Waals surface area contributed by atoms with Gasteiger partial charge < -0.3 is 10.1 Å². The lowest BCUT2D eigenvalue weighted by molar-refractivity contribution is -0.125. The Hall–Kier alpha value is -1.51. The zero-order chi connectivity index (χ0) is 14.1. The molecule has 0 aliphatic heterocycles. The number of ether oxygens (including phenoxy) is 1. The van der Waals surface area contributed by atoms with Gasteiger partial charge in [-0.3, -0.25) is 4.79 Å². The summed E-state index contributed by atoms with van der Waals surface area (Å²) in [6.45, 7) is 7.28.